The standard InChI is InChI=1S/C25H25NO6/c1-4-12-31-19-9-7-16(14-20(19)30-5-2)22-21-23(28)17-13-15(3)6-8-18(17)32-24(21)25(29)26(22)10-11-27/h4,6-9,13-14,22,27H,1,5,10-12H2,2-3H3/t22-/m0/s1. The molecule has 0 unspecified atom stereocenters. The molecule has 4 rings (SSSR count). The number of aryl methyl sites for hydroxylation is 1. The van der Waals surface area contributed by atoms with E-state index in [0.717, 1.165) is 5.56 Å². The molecular weight excluding hydrogens is 410 g/mol. The van der Waals surface area contributed by atoms with Crippen LogP contribution in [-0.4, -0.2) is 42.3 Å². The van der Waals surface area contributed by atoms with Crippen molar-refractivity contribution in [2.24, 2.45) is 0 Å². The molecule has 0 spiro atoms. The summed E-state index contributed by atoms with van der Waals surface area (Å²) in [5, 5.41) is 10.0. The quantitative estimate of drug-likeness (QED) is 0.544. The van der Waals surface area contributed by atoms with E-state index in [2.05, 4.69) is 6.58 Å². The predicted molar refractivity (Wildman–Crippen MR) is 120 cm³/mol. The van der Waals surface area contributed by atoms with Gasteiger partial charge in [0.15, 0.2) is 16.9 Å². The molecule has 0 fully saturated rings. The average Bonchev–Trinajstić information content (AvgIpc) is 3.06. The lowest BCUT2D eigenvalue weighted by atomic mass is 9.97. The molecule has 0 saturated carbocycles. The lowest BCUT2D eigenvalue weighted by Crippen LogP contribution is -2.32. The van der Waals surface area contributed by atoms with Gasteiger partial charge in [-0.2, -0.15) is 0 Å². The highest BCUT2D eigenvalue weighted by Crippen LogP contribution is 2.40. The van der Waals surface area contributed by atoms with Crippen LogP contribution in [0.3, 0.4) is 0 Å². The highest BCUT2D eigenvalue weighted by atomic mass is 16.5. The van der Waals surface area contributed by atoms with Crippen molar-refractivity contribution in [2.45, 2.75) is 19.9 Å². The summed E-state index contributed by atoms with van der Waals surface area (Å²) in [5.41, 5.74) is 1.96. The van der Waals surface area contributed by atoms with Gasteiger partial charge in [0.25, 0.3) is 5.91 Å². The van der Waals surface area contributed by atoms with Crippen LogP contribution in [0.15, 0.2) is 58.3 Å². The molecule has 1 amide bonds. The summed E-state index contributed by atoms with van der Waals surface area (Å²) >= 11 is 0. The third-order valence-electron chi connectivity index (χ3n) is 5.40. The van der Waals surface area contributed by atoms with E-state index in [1.165, 1.54) is 4.90 Å². The van der Waals surface area contributed by atoms with Gasteiger partial charge in [-0.1, -0.05) is 30.4 Å². The minimum Gasteiger partial charge on any atom is -0.490 e. The van der Waals surface area contributed by atoms with Crippen LogP contribution in [0.25, 0.3) is 11.0 Å². The molecule has 0 aliphatic carbocycles. The number of carbonyl (C=O) groups excluding carboxylic acids is 1. The molecule has 1 N–H and O–H groups in total. The zero-order valence-corrected chi connectivity index (χ0v) is 18.1. The first kappa shape index (κ1) is 21.6. The average molecular weight is 435 g/mol. The minimum atomic E-state index is -0.710. The summed E-state index contributed by atoms with van der Waals surface area (Å²) in [6.45, 7) is 7.95. The molecule has 166 valence electrons. The number of hydrogen-bond acceptors (Lipinski definition) is 6. The first-order chi connectivity index (χ1) is 15.5. The molecule has 1 atom stereocenters. The van der Waals surface area contributed by atoms with Crippen LogP contribution in [-0.2, 0) is 0 Å². The fourth-order valence-electron chi connectivity index (χ4n) is 4.05. The number of aliphatic hydroxyl groups excluding tert-OH is 1. The summed E-state index contributed by atoms with van der Waals surface area (Å²) in [6.07, 6.45) is 1.64. The molecule has 2 aromatic carbocycles. The van der Waals surface area contributed by atoms with Crippen LogP contribution in [0.4, 0.5) is 0 Å². The molecule has 2 heterocycles. The van der Waals surface area contributed by atoms with E-state index in [9.17, 15) is 14.7 Å². The van der Waals surface area contributed by atoms with Gasteiger partial charge >= 0.3 is 0 Å². The molecule has 1 aromatic heterocycles. The second-order valence-electron chi connectivity index (χ2n) is 7.54. The summed E-state index contributed by atoms with van der Waals surface area (Å²) in [6, 6.07) is 9.88. The first-order valence-electron chi connectivity index (χ1n) is 10.5. The Morgan fingerprint density at radius 2 is 1.97 bits per heavy atom. The van der Waals surface area contributed by atoms with Crippen molar-refractivity contribution >= 4 is 16.9 Å². The summed E-state index contributed by atoms with van der Waals surface area (Å²) in [4.78, 5) is 28.1. The Morgan fingerprint density at radius 3 is 2.69 bits per heavy atom. The SMILES string of the molecule is C=CCOc1ccc([C@H]2c3c(oc4ccc(C)cc4c3=O)C(=O)N2CCO)cc1OCC. The van der Waals surface area contributed by atoms with Crippen molar-refractivity contribution in [3.05, 3.63) is 81.7 Å². The van der Waals surface area contributed by atoms with Gasteiger partial charge in [-0.25, -0.2) is 0 Å². The fourth-order valence-corrected chi connectivity index (χ4v) is 4.05. The molecule has 0 radical (unpaired) electrons. The van der Waals surface area contributed by atoms with Gasteiger partial charge in [-0.15, -0.1) is 0 Å². The number of aliphatic hydroxyl groups is 1. The van der Waals surface area contributed by atoms with Gasteiger partial charge in [-0.05, 0) is 43.7 Å². The van der Waals surface area contributed by atoms with Crippen molar-refractivity contribution in [1.29, 1.82) is 0 Å². The first-order valence-corrected chi connectivity index (χ1v) is 10.5. The van der Waals surface area contributed by atoms with E-state index in [0.29, 0.717) is 41.2 Å². The predicted octanol–water partition coefficient (Wildman–Crippen LogP) is 3.60. The number of fused-ring (bicyclic) bond motifs is 2. The van der Waals surface area contributed by atoms with Crippen LogP contribution in [0, 0.1) is 6.92 Å². The third kappa shape index (κ3) is 3.65. The smallest absolute Gasteiger partial charge is 0.290 e. The molecular formula is C25H25NO6. The van der Waals surface area contributed by atoms with Crippen LogP contribution in [0.2, 0.25) is 0 Å². The summed E-state index contributed by atoms with van der Waals surface area (Å²) in [5.74, 6) is 0.617. The van der Waals surface area contributed by atoms with Gasteiger partial charge in [0, 0.05) is 6.54 Å². The minimum absolute atomic E-state index is 0.00902. The van der Waals surface area contributed by atoms with Crippen molar-refractivity contribution in [2.75, 3.05) is 26.4 Å². The number of nitrogens with zero attached hydrogens (tertiary/aromatic N) is 1. The zero-order valence-electron chi connectivity index (χ0n) is 18.1. The van der Waals surface area contributed by atoms with E-state index < -0.39 is 11.9 Å². The van der Waals surface area contributed by atoms with Gasteiger partial charge in [-0.3, -0.25) is 9.59 Å². The summed E-state index contributed by atoms with van der Waals surface area (Å²) in [7, 11) is 0. The number of ether oxygens (including phenoxy) is 2. The van der Waals surface area contributed by atoms with Crippen LogP contribution in [0.1, 0.15) is 40.2 Å². The van der Waals surface area contributed by atoms with Crippen molar-refractivity contribution in [1.82, 2.24) is 4.90 Å². The van der Waals surface area contributed by atoms with Gasteiger partial charge in [0.2, 0.25) is 5.76 Å². The van der Waals surface area contributed by atoms with Crippen LogP contribution >= 0.6 is 0 Å². The summed E-state index contributed by atoms with van der Waals surface area (Å²) < 4.78 is 17.3. The third-order valence-corrected chi connectivity index (χ3v) is 5.40. The Balaban J connectivity index is 1.92. The number of amides is 1. The Hall–Kier alpha value is -3.58. The fraction of sp³-hybridized carbons (Fsp3) is 0.280. The molecule has 7 heteroatoms. The maximum absolute atomic E-state index is 13.5. The lowest BCUT2D eigenvalue weighted by Gasteiger charge is -2.25. The molecule has 3 aromatic rings. The Labute approximate surface area is 185 Å². The maximum Gasteiger partial charge on any atom is 0.290 e. The van der Waals surface area contributed by atoms with E-state index in [1.54, 1.807) is 36.4 Å². The normalized spacial score (nSPS) is 15.2. The Bertz CT molecular complexity index is 1250. The molecule has 0 saturated heterocycles. The lowest BCUT2D eigenvalue weighted by molar-refractivity contribution is 0.0691. The number of carbonyl (C=O) groups is 1. The van der Waals surface area contributed by atoms with Crippen molar-refractivity contribution in [3.63, 3.8) is 0 Å². The second kappa shape index (κ2) is 8.88. The Kier molecular flexibility index (Phi) is 6.01. The van der Waals surface area contributed by atoms with E-state index in [4.69, 9.17) is 13.9 Å². The topological polar surface area (TPSA) is 89.2 Å². The largest absolute Gasteiger partial charge is 0.490 e. The molecule has 7 nitrogen and oxygen atoms in total. The van der Waals surface area contributed by atoms with E-state index >= 15 is 0 Å². The highest BCUT2D eigenvalue weighted by Gasteiger charge is 2.42. The number of rotatable bonds is 8. The number of β-amino-alcohol motifs (C(OH)–C–C–N with tert-alkyl or cyclic N) is 1. The molecule has 0 bridgehead atoms. The van der Waals surface area contributed by atoms with Gasteiger partial charge < -0.3 is 23.9 Å². The Morgan fingerprint density at radius 1 is 1.16 bits per heavy atom. The second-order valence-corrected chi connectivity index (χ2v) is 7.54. The highest BCUT2D eigenvalue weighted by molar-refractivity contribution is 5.99. The zero-order chi connectivity index (χ0) is 22.8. The molecule has 32 heavy (non-hydrogen) atoms. The van der Waals surface area contributed by atoms with Crippen LogP contribution in [0.5, 0.6) is 11.5 Å². The molecule has 1 aliphatic rings. The molecule has 1 aliphatic heterocycles. The van der Waals surface area contributed by atoms with Gasteiger partial charge in [0.05, 0.1) is 30.2 Å². The van der Waals surface area contributed by atoms with Gasteiger partial charge in [0.1, 0.15) is 12.2 Å². The van der Waals surface area contributed by atoms with E-state index in [-0.39, 0.29) is 29.9 Å². The van der Waals surface area contributed by atoms with E-state index in [1.807, 2.05) is 19.9 Å². The van der Waals surface area contributed by atoms with Crippen molar-refractivity contribution in [3.8, 4) is 11.5 Å². The maximum atomic E-state index is 13.5. The number of hydrogen-bond donors (Lipinski definition) is 1. The number of benzene rings is 2. The monoisotopic (exact) mass is 435 g/mol. The van der Waals surface area contributed by atoms with Crippen molar-refractivity contribution < 1.29 is 23.8 Å². The van der Waals surface area contributed by atoms with Crippen LogP contribution < -0.4 is 14.9 Å².